The summed E-state index contributed by atoms with van der Waals surface area (Å²) in [6.07, 6.45) is -1.12. The SMILES string of the molecule is CN1C(=O)CCc2cc(N3CC(C(N)=O)OC3=O)cc(F)c21. The van der Waals surface area contributed by atoms with Gasteiger partial charge in [0.25, 0.3) is 5.91 Å². The Morgan fingerprint density at radius 1 is 1.36 bits per heavy atom. The van der Waals surface area contributed by atoms with Crippen molar-refractivity contribution >= 4 is 29.3 Å². The molecule has 3 rings (SSSR count). The van der Waals surface area contributed by atoms with Gasteiger partial charge >= 0.3 is 6.09 Å². The van der Waals surface area contributed by atoms with E-state index in [1.807, 2.05) is 0 Å². The van der Waals surface area contributed by atoms with Gasteiger partial charge in [0.15, 0.2) is 6.10 Å². The number of primary amides is 1. The van der Waals surface area contributed by atoms with Gasteiger partial charge in [-0.05, 0) is 24.1 Å². The summed E-state index contributed by atoms with van der Waals surface area (Å²) in [5.74, 6) is -1.51. The lowest BCUT2D eigenvalue weighted by Gasteiger charge is -2.27. The zero-order chi connectivity index (χ0) is 16.0. The van der Waals surface area contributed by atoms with E-state index in [1.54, 1.807) is 6.07 Å². The van der Waals surface area contributed by atoms with Gasteiger partial charge in [-0.3, -0.25) is 14.5 Å². The van der Waals surface area contributed by atoms with Crippen molar-refractivity contribution in [2.24, 2.45) is 5.73 Å². The number of hydrogen-bond donors (Lipinski definition) is 1. The summed E-state index contributed by atoms with van der Waals surface area (Å²) in [5.41, 5.74) is 6.25. The summed E-state index contributed by atoms with van der Waals surface area (Å²) in [4.78, 5) is 37.0. The molecule has 2 aliphatic rings. The van der Waals surface area contributed by atoms with Crippen LogP contribution in [0.4, 0.5) is 20.6 Å². The maximum absolute atomic E-state index is 14.3. The highest BCUT2D eigenvalue weighted by molar-refractivity contribution is 5.98. The molecule has 0 spiro atoms. The molecule has 3 amide bonds. The largest absolute Gasteiger partial charge is 0.434 e. The topological polar surface area (TPSA) is 92.9 Å². The predicted octanol–water partition coefficient (Wildman–Crippen LogP) is 0.545. The number of ether oxygens (including phenoxy) is 1. The van der Waals surface area contributed by atoms with Gasteiger partial charge in [0.1, 0.15) is 5.82 Å². The van der Waals surface area contributed by atoms with Crippen LogP contribution in [0.2, 0.25) is 0 Å². The Hall–Kier alpha value is -2.64. The number of benzene rings is 1. The number of aryl methyl sites for hydroxylation is 1. The van der Waals surface area contributed by atoms with Gasteiger partial charge in [0.05, 0.1) is 17.9 Å². The zero-order valence-corrected chi connectivity index (χ0v) is 11.8. The minimum absolute atomic E-state index is 0.0544. The summed E-state index contributed by atoms with van der Waals surface area (Å²) in [6.45, 7) is -0.0544. The van der Waals surface area contributed by atoms with Gasteiger partial charge in [-0.1, -0.05) is 0 Å². The van der Waals surface area contributed by atoms with Crippen molar-refractivity contribution in [2.45, 2.75) is 18.9 Å². The third-order valence-corrected chi connectivity index (χ3v) is 3.89. The quantitative estimate of drug-likeness (QED) is 0.863. The summed E-state index contributed by atoms with van der Waals surface area (Å²) in [5, 5.41) is 0. The average molecular weight is 307 g/mol. The lowest BCUT2D eigenvalue weighted by molar-refractivity contribution is -0.124. The number of cyclic esters (lactones) is 1. The number of amides is 3. The second-order valence-electron chi connectivity index (χ2n) is 5.27. The van der Waals surface area contributed by atoms with Crippen LogP contribution in [0.15, 0.2) is 12.1 Å². The fourth-order valence-corrected chi connectivity index (χ4v) is 2.72. The fourth-order valence-electron chi connectivity index (χ4n) is 2.72. The molecule has 7 nitrogen and oxygen atoms in total. The van der Waals surface area contributed by atoms with Crippen molar-refractivity contribution in [1.29, 1.82) is 0 Å². The zero-order valence-electron chi connectivity index (χ0n) is 11.8. The smallest absolute Gasteiger partial charge is 0.415 e. The predicted molar refractivity (Wildman–Crippen MR) is 74.9 cm³/mol. The van der Waals surface area contributed by atoms with Crippen LogP contribution in [-0.4, -0.2) is 37.6 Å². The van der Waals surface area contributed by atoms with Gasteiger partial charge in [0, 0.05) is 13.5 Å². The molecular weight excluding hydrogens is 293 g/mol. The molecule has 0 bridgehead atoms. The number of nitrogens with zero attached hydrogens (tertiary/aromatic N) is 2. The molecule has 2 aliphatic heterocycles. The minimum Gasteiger partial charge on any atom is -0.434 e. The molecule has 1 saturated heterocycles. The number of anilines is 2. The molecular formula is C14H14FN3O4. The number of hydrogen-bond acceptors (Lipinski definition) is 4. The van der Waals surface area contributed by atoms with Crippen LogP contribution in [0.25, 0.3) is 0 Å². The first-order valence-electron chi connectivity index (χ1n) is 6.75. The molecule has 2 N–H and O–H groups in total. The molecule has 116 valence electrons. The number of rotatable bonds is 2. The first-order chi connectivity index (χ1) is 10.4. The summed E-state index contributed by atoms with van der Waals surface area (Å²) < 4.78 is 19.2. The van der Waals surface area contributed by atoms with E-state index >= 15 is 0 Å². The fraction of sp³-hybridized carbons (Fsp3) is 0.357. The van der Waals surface area contributed by atoms with Crippen molar-refractivity contribution < 1.29 is 23.5 Å². The maximum atomic E-state index is 14.3. The van der Waals surface area contributed by atoms with Crippen LogP contribution in [0.3, 0.4) is 0 Å². The van der Waals surface area contributed by atoms with E-state index in [4.69, 9.17) is 10.5 Å². The molecule has 0 aliphatic carbocycles. The molecule has 1 fully saturated rings. The van der Waals surface area contributed by atoms with E-state index in [-0.39, 0.29) is 30.2 Å². The van der Waals surface area contributed by atoms with Crippen LogP contribution in [0.5, 0.6) is 0 Å². The molecule has 1 aromatic rings. The van der Waals surface area contributed by atoms with Crippen LogP contribution in [0, 0.1) is 5.82 Å². The Balaban J connectivity index is 1.97. The Bertz CT molecular complexity index is 691. The molecule has 2 heterocycles. The monoisotopic (exact) mass is 307 g/mol. The molecule has 0 saturated carbocycles. The second-order valence-corrected chi connectivity index (χ2v) is 5.27. The van der Waals surface area contributed by atoms with Gasteiger partial charge < -0.3 is 15.4 Å². The molecule has 8 heteroatoms. The van der Waals surface area contributed by atoms with Gasteiger partial charge in [-0.15, -0.1) is 0 Å². The highest BCUT2D eigenvalue weighted by atomic mass is 19.1. The third kappa shape index (κ3) is 2.16. The van der Waals surface area contributed by atoms with Crippen molar-refractivity contribution in [3.8, 4) is 0 Å². The molecule has 1 aromatic carbocycles. The Morgan fingerprint density at radius 2 is 2.09 bits per heavy atom. The Morgan fingerprint density at radius 3 is 2.73 bits per heavy atom. The van der Waals surface area contributed by atoms with Crippen LogP contribution in [0.1, 0.15) is 12.0 Å². The summed E-state index contributed by atoms with van der Waals surface area (Å²) >= 11 is 0. The summed E-state index contributed by atoms with van der Waals surface area (Å²) in [7, 11) is 1.51. The van der Waals surface area contributed by atoms with Gasteiger partial charge in [0.2, 0.25) is 5.91 Å². The van der Waals surface area contributed by atoms with Gasteiger partial charge in [-0.25, -0.2) is 9.18 Å². The van der Waals surface area contributed by atoms with Crippen LogP contribution in [-0.2, 0) is 20.7 Å². The van der Waals surface area contributed by atoms with E-state index in [9.17, 15) is 18.8 Å². The minimum atomic E-state index is -1.05. The van der Waals surface area contributed by atoms with E-state index in [1.165, 1.54) is 11.9 Å². The number of halogens is 1. The Kier molecular flexibility index (Phi) is 3.23. The molecule has 22 heavy (non-hydrogen) atoms. The lowest BCUT2D eigenvalue weighted by atomic mass is 10.00. The van der Waals surface area contributed by atoms with E-state index in [0.29, 0.717) is 12.0 Å². The van der Waals surface area contributed by atoms with Crippen LogP contribution >= 0.6 is 0 Å². The first kappa shape index (κ1) is 14.3. The van der Waals surface area contributed by atoms with E-state index < -0.39 is 23.9 Å². The Labute approximate surface area is 125 Å². The number of fused-ring (bicyclic) bond motifs is 1. The third-order valence-electron chi connectivity index (χ3n) is 3.89. The highest BCUT2D eigenvalue weighted by Crippen LogP contribution is 2.34. The van der Waals surface area contributed by atoms with Crippen molar-refractivity contribution in [3.63, 3.8) is 0 Å². The van der Waals surface area contributed by atoms with Crippen molar-refractivity contribution in [2.75, 3.05) is 23.4 Å². The molecule has 0 aromatic heterocycles. The molecule has 1 unspecified atom stereocenters. The lowest BCUT2D eigenvalue weighted by Crippen LogP contribution is -2.34. The van der Waals surface area contributed by atoms with E-state index in [2.05, 4.69) is 0 Å². The number of carbonyl (C=O) groups excluding carboxylic acids is 3. The number of nitrogens with two attached hydrogens (primary N) is 1. The first-order valence-corrected chi connectivity index (χ1v) is 6.75. The average Bonchev–Trinajstić information content (AvgIpc) is 2.85. The van der Waals surface area contributed by atoms with E-state index in [0.717, 1.165) is 11.0 Å². The van der Waals surface area contributed by atoms with Gasteiger partial charge in [-0.2, -0.15) is 0 Å². The van der Waals surface area contributed by atoms with Crippen molar-refractivity contribution in [1.82, 2.24) is 0 Å². The standard InChI is InChI=1S/C14H14FN3O4/c1-17-11(19)3-2-7-4-8(5-9(15)12(7)17)18-6-10(13(16)20)22-14(18)21/h4-5,10H,2-3,6H2,1H3,(H2,16,20). The second kappa shape index (κ2) is 4.97. The maximum Gasteiger partial charge on any atom is 0.415 e. The molecule has 1 atom stereocenters. The van der Waals surface area contributed by atoms with Crippen molar-refractivity contribution in [3.05, 3.63) is 23.5 Å². The number of carbonyl (C=O) groups is 3. The summed E-state index contributed by atoms with van der Waals surface area (Å²) in [6, 6.07) is 2.78. The molecule has 0 radical (unpaired) electrons. The van der Waals surface area contributed by atoms with Crippen LogP contribution < -0.4 is 15.5 Å². The normalized spacial score (nSPS) is 20.9. The highest BCUT2D eigenvalue weighted by Gasteiger charge is 2.37.